The number of rotatable bonds is 6. The lowest BCUT2D eigenvalue weighted by Crippen LogP contribution is -2.40. The van der Waals surface area contributed by atoms with E-state index < -0.39 is 24.5 Å². The number of likely N-dealkylation sites (tertiary alicyclic amines) is 1. The highest BCUT2D eigenvalue weighted by molar-refractivity contribution is 5.76. The van der Waals surface area contributed by atoms with Gasteiger partial charge in [-0.25, -0.2) is 4.98 Å². The summed E-state index contributed by atoms with van der Waals surface area (Å²) in [7, 11) is 0. The number of aromatic hydroxyl groups is 1. The Morgan fingerprint density at radius 1 is 1.00 bits per heavy atom. The molecule has 1 aromatic carbocycles. The smallest absolute Gasteiger partial charge is 0.417 e. The Bertz CT molecular complexity index is 1370. The number of hydrogen-bond donors (Lipinski definition) is 2. The SMILES string of the molecule is Oc1c(CCC2CCN(CC(F)(F)F)CC2)c(-c2ccc(C(F)(F)F)cn2)nn1-c1nc2ccccc2[nH]1. The summed E-state index contributed by atoms with van der Waals surface area (Å²) < 4.78 is 78.5. The van der Waals surface area contributed by atoms with Crippen molar-refractivity contribution in [3.8, 4) is 23.2 Å². The number of alkyl halides is 6. The van der Waals surface area contributed by atoms with E-state index >= 15 is 0 Å². The monoisotopic (exact) mass is 538 g/mol. The highest BCUT2D eigenvalue weighted by Crippen LogP contribution is 2.35. The molecule has 0 radical (unpaired) electrons. The minimum absolute atomic E-state index is 0.127. The maximum atomic E-state index is 13.1. The number of para-hydroxylation sites is 2. The Morgan fingerprint density at radius 2 is 1.74 bits per heavy atom. The van der Waals surface area contributed by atoms with E-state index in [0.29, 0.717) is 61.6 Å². The second kappa shape index (κ2) is 9.93. The van der Waals surface area contributed by atoms with Gasteiger partial charge in [0.15, 0.2) is 0 Å². The molecule has 4 heterocycles. The lowest BCUT2D eigenvalue weighted by atomic mass is 9.90. The van der Waals surface area contributed by atoms with Crippen LogP contribution in [0, 0.1) is 5.92 Å². The molecule has 0 bridgehead atoms. The molecule has 0 spiro atoms. The number of fused-ring (bicyclic) bond motifs is 1. The summed E-state index contributed by atoms with van der Waals surface area (Å²) in [5.74, 6) is 0.126. The van der Waals surface area contributed by atoms with Gasteiger partial charge in [0.1, 0.15) is 5.69 Å². The van der Waals surface area contributed by atoms with Crippen LogP contribution in [0.1, 0.15) is 30.4 Å². The van der Waals surface area contributed by atoms with Crippen LogP contribution in [0.25, 0.3) is 28.4 Å². The van der Waals surface area contributed by atoms with E-state index in [-0.39, 0.29) is 29.1 Å². The van der Waals surface area contributed by atoms with Gasteiger partial charge >= 0.3 is 12.4 Å². The number of aromatic amines is 1. The molecule has 1 fully saturated rings. The summed E-state index contributed by atoms with van der Waals surface area (Å²) in [6.07, 6.45) is -6.06. The van der Waals surface area contributed by atoms with E-state index in [0.717, 1.165) is 6.07 Å². The largest absolute Gasteiger partial charge is 0.493 e. The van der Waals surface area contributed by atoms with Crippen molar-refractivity contribution in [1.29, 1.82) is 0 Å². The van der Waals surface area contributed by atoms with Gasteiger partial charge in [0.2, 0.25) is 11.8 Å². The van der Waals surface area contributed by atoms with E-state index in [1.54, 1.807) is 18.2 Å². The minimum atomic E-state index is -4.55. The molecule has 202 valence electrons. The third-order valence-corrected chi connectivity index (χ3v) is 6.78. The van der Waals surface area contributed by atoms with Crippen LogP contribution in [0.4, 0.5) is 26.3 Å². The first kappa shape index (κ1) is 26.0. The Labute approximate surface area is 213 Å². The number of halogens is 6. The van der Waals surface area contributed by atoms with Crippen LogP contribution in [0.15, 0.2) is 42.6 Å². The van der Waals surface area contributed by atoms with Crippen LogP contribution in [0.3, 0.4) is 0 Å². The van der Waals surface area contributed by atoms with Gasteiger partial charge in [-0.3, -0.25) is 9.88 Å². The fraction of sp³-hybridized carbons (Fsp3) is 0.400. The third-order valence-electron chi connectivity index (χ3n) is 6.78. The zero-order valence-electron chi connectivity index (χ0n) is 20.0. The van der Waals surface area contributed by atoms with Crippen molar-refractivity contribution in [2.45, 2.75) is 38.0 Å². The summed E-state index contributed by atoms with van der Waals surface area (Å²) in [6, 6.07) is 9.30. The van der Waals surface area contributed by atoms with Crippen molar-refractivity contribution in [1.82, 2.24) is 29.6 Å². The van der Waals surface area contributed by atoms with Crippen molar-refractivity contribution in [3.05, 3.63) is 53.7 Å². The van der Waals surface area contributed by atoms with Crippen molar-refractivity contribution in [2.24, 2.45) is 5.92 Å². The van der Waals surface area contributed by atoms with Gasteiger partial charge in [-0.1, -0.05) is 12.1 Å². The molecule has 5 rings (SSSR count). The molecule has 0 amide bonds. The van der Waals surface area contributed by atoms with Gasteiger partial charge in [0.05, 0.1) is 28.8 Å². The average molecular weight is 538 g/mol. The number of H-pyrrole nitrogens is 1. The Kier molecular flexibility index (Phi) is 6.80. The van der Waals surface area contributed by atoms with E-state index in [2.05, 4.69) is 20.1 Å². The highest BCUT2D eigenvalue weighted by atomic mass is 19.4. The molecule has 38 heavy (non-hydrogen) atoms. The molecule has 1 saturated heterocycles. The van der Waals surface area contributed by atoms with Crippen LogP contribution in [0.5, 0.6) is 5.88 Å². The zero-order chi connectivity index (χ0) is 27.1. The van der Waals surface area contributed by atoms with Crippen LogP contribution in [0.2, 0.25) is 0 Å². The normalized spacial score (nSPS) is 15.9. The van der Waals surface area contributed by atoms with Crippen LogP contribution in [-0.2, 0) is 12.6 Å². The number of nitrogens with zero attached hydrogens (tertiary/aromatic N) is 5. The fourth-order valence-corrected chi connectivity index (χ4v) is 4.80. The lowest BCUT2D eigenvalue weighted by Gasteiger charge is -2.32. The van der Waals surface area contributed by atoms with Gasteiger partial charge in [0, 0.05) is 11.8 Å². The summed E-state index contributed by atoms with van der Waals surface area (Å²) in [6.45, 7) is -0.294. The molecule has 13 heteroatoms. The Balaban J connectivity index is 1.42. The Hall–Kier alpha value is -3.61. The van der Waals surface area contributed by atoms with Crippen molar-refractivity contribution in [3.63, 3.8) is 0 Å². The minimum Gasteiger partial charge on any atom is -0.493 e. The molecule has 0 saturated carbocycles. The first-order valence-corrected chi connectivity index (χ1v) is 12.1. The molecule has 3 aromatic heterocycles. The second-order valence-electron chi connectivity index (χ2n) is 9.44. The van der Waals surface area contributed by atoms with Crippen molar-refractivity contribution >= 4 is 11.0 Å². The number of imidazole rings is 1. The molecule has 0 atom stereocenters. The zero-order valence-corrected chi connectivity index (χ0v) is 20.0. The predicted molar refractivity (Wildman–Crippen MR) is 127 cm³/mol. The number of pyridine rings is 1. The Morgan fingerprint density at radius 3 is 2.37 bits per heavy atom. The second-order valence-corrected chi connectivity index (χ2v) is 9.44. The number of aromatic nitrogens is 5. The summed E-state index contributed by atoms with van der Waals surface area (Å²) >= 11 is 0. The molecular formula is C25H24F6N6O. The molecule has 0 unspecified atom stereocenters. The average Bonchev–Trinajstić information content (AvgIpc) is 3.43. The highest BCUT2D eigenvalue weighted by Gasteiger charge is 2.33. The van der Waals surface area contributed by atoms with Gasteiger partial charge < -0.3 is 10.1 Å². The van der Waals surface area contributed by atoms with E-state index in [1.165, 1.54) is 15.6 Å². The van der Waals surface area contributed by atoms with Gasteiger partial charge in [0.25, 0.3) is 0 Å². The van der Waals surface area contributed by atoms with Crippen LogP contribution in [-0.4, -0.2) is 60.5 Å². The summed E-state index contributed by atoms with van der Waals surface area (Å²) in [4.78, 5) is 12.8. The first-order chi connectivity index (χ1) is 18.0. The fourth-order valence-electron chi connectivity index (χ4n) is 4.80. The maximum Gasteiger partial charge on any atom is 0.417 e. The molecule has 1 aliphatic heterocycles. The van der Waals surface area contributed by atoms with Gasteiger partial charge in [-0.05, 0) is 69.0 Å². The molecule has 2 N–H and O–H groups in total. The lowest BCUT2D eigenvalue weighted by molar-refractivity contribution is -0.148. The summed E-state index contributed by atoms with van der Waals surface area (Å²) in [5.41, 5.74) is 1.19. The maximum absolute atomic E-state index is 13.1. The van der Waals surface area contributed by atoms with Crippen molar-refractivity contribution in [2.75, 3.05) is 19.6 Å². The van der Waals surface area contributed by atoms with Gasteiger partial charge in [-0.15, -0.1) is 0 Å². The first-order valence-electron chi connectivity index (χ1n) is 12.1. The molecule has 4 aromatic rings. The molecule has 0 aliphatic carbocycles. The number of benzene rings is 1. The predicted octanol–water partition coefficient (Wildman–Crippen LogP) is 5.74. The molecule has 7 nitrogen and oxygen atoms in total. The number of piperidine rings is 1. The van der Waals surface area contributed by atoms with E-state index in [4.69, 9.17) is 0 Å². The third kappa shape index (κ3) is 5.62. The van der Waals surface area contributed by atoms with Crippen LogP contribution < -0.4 is 0 Å². The van der Waals surface area contributed by atoms with Gasteiger partial charge in [-0.2, -0.15) is 36.1 Å². The number of nitrogens with one attached hydrogen (secondary N) is 1. The molecular weight excluding hydrogens is 514 g/mol. The number of hydrogen-bond acceptors (Lipinski definition) is 5. The van der Waals surface area contributed by atoms with Crippen LogP contribution >= 0.6 is 0 Å². The van der Waals surface area contributed by atoms with E-state index in [9.17, 15) is 31.4 Å². The van der Waals surface area contributed by atoms with Crippen molar-refractivity contribution < 1.29 is 31.4 Å². The molecule has 1 aliphatic rings. The quantitative estimate of drug-likeness (QED) is 0.306. The standard InChI is InChI=1S/C25H24F6N6O/c26-24(27,28)14-36-11-9-15(10-12-36)5-7-17-21(20-8-6-16(13-32-20)25(29,30)31)35-37(22(17)38)23-33-18-3-1-2-4-19(18)34-23/h1-4,6,8,13,15,38H,5,7,9-12,14H2,(H,33,34). The van der Waals surface area contributed by atoms with E-state index in [1.807, 2.05) is 6.07 Å². The summed E-state index contributed by atoms with van der Waals surface area (Å²) in [5, 5.41) is 15.6. The topological polar surface area (TPSA) is 82.9 Å².